The second-order valence-corrected chi connectivity index (χ2v) is 5.33. The minimum atomic E-state index is 0.209. The largest absolute Gasteiger partial charge is 0.493 e. The molecular weight excluding hydrogens is 248 g/mol. The molecule has 0 saturated heterocycles. The molecule has 20 heavy (non-hydrogen) atoms. The number of hydrogen-bond acceptors (Lipinski definition) is 2. The lowest BCUT2D eigenvalue weighted by Gasteiger charge is -2.04. The Hall–Kier alpha value is -2.09. The van der Waals surface area contributed by atoms with Crippen molar-refractivity contribution in [2.75, 3.05) is 6.61 Å². The van der Waals surface area contributed by atoms with Crippen molar-refractivity contribution in [1.82, 2.24) is 0 Å². The molecular formula is C18H18O2. The van der Waals surface area contributed by atoms with Crippen molar-refractivity contribution < 1.29 is 9.53 Å². The van der Waals surface area contributed by atoms with Gasteiger partial charge in [-0.25, -0.2) is 0 Å². The van der Waals surface area contributed by atoms with E-state index in [0.717, 1.165) is 36.3 Å². The molecule has 1 aliphatic heterocycles. The molecule has 2 aromatic carbocycles. The van der Waals surface area contributed by atoms with Crippen molar-refractivity contribution in [2.45, 2.75) is 26.2 Å². The molecule has 0 amide bonds. The summed E-state index contributed by atoms with van der Waals surface area (Å²) in [6.45, 7) is 2.80. The molecule has 0 aliphatic carbocycles. The lowest BCUT2D eigenvalue weighted by molar-refractivity contribution is 0.0983. The molecule has 1 aliphatic rings. The molecule has 0 aromatic heterocycles. The number of Topliss-reactive ketones (excluding diaryl/α,β-unsaturated/α-hetero) is 1. The minimum Gasteiger partial charge on any atom is -0.493 e. The Kier molecular flexibility index (Phi) is 3.55. The first-order valence-electron chi connectivity index (χ1n) is 7.07. The van der Waals surface area contributed by atoms with Crippen LogP contribution in [0.15, 0.2) is 42.5 Å². The number of hydrogen-bond donors (Lipinski definition) is 0. The third-order valence-electron chi connectivity index (χ3n) is 3.77. The minimum absolute atomic E-state index is 0.209. The van der Waals surface area contributed by atoms with Crippen molar-refractivity contribution in [2.24, 2.45) is 0 Å². The van der Waals surface area contributed by atoms with Crippen LogP contribution in [0.25, 0.3) is 0 Å². The lowest BCUT2D eigenvalue weighted by atomic mass is 10.00. The molecule has 0 bridgehead atoms. The Morgan fingerprint density at radius 1 is 1.15 bits per heavy atom. The molecule has 0 spiro atoms. The molecule has 0 radical (unpaired) electrons. The van der Waals surface area contributed by atoms with E-state index in [0.29, 0.717) is 6.42 Å². The van der Waals surface area contributed by atoms with Crippen LogP contribution in [-0.4, -0.2) is 12.4 Å². The van der Waals surface area contributed by atoms with E-state index in [9.17, 15) is 4.79 Å². The van der Waals surface area contributed by atoms with Crippen LogP contribution in [0.4, 0.5) is 0 Å². The van der Waals surface area contributed by atoms with E-state index < -0.39 is 0 Å². The van der Waals surface area contributed by atoms with E-state index in [-0.39, 0.29) is 5.78 Å². The van der Waals surface area contributed by atoms with Gasteiger partial charge < -0.3 is 4.74 Å². The number of fused-ring (bicyclic) bond motifs is 1. The van der Waals surface area contributed by atoms with Crippen LogP contribution in [0.2, 0.25) is 0 Å². The summed E-state index contributed by atoms with van der Waals surface area (Å²) in [5.74, 6) is 1.14. The van der Waals surface area contributed by atoms with Gasteiger partial charge in [-0.2, -0.15) is 0 Å². The summed E-state index contributed by atoms with van der Waals surface area (Å²) in [5, 5.41) is 0. The number of benzene rings is 2. The highest BCUT2D eigenvalue weighted by Gasteiger charge is 2.14. The molecule has 3 rings (SSSR count). The van der Waals surface area contributed by atoms with Crippen LogP contribution in [0, 0.1) is 6.92 Å². The van der Waals surface area contributed by atoms with E-state index >= 15 is 0 Å². The van der Waals surface area contributed by atoms with Gasteiger partial charge in [0, 0.05) is 18.4 Å². The zero-order valence-electron chi connectivity index (χ0n) is 11.7. The van der Waals surface area contributed by atoms with Crippen LogP contribution in [-0.2, 0) is 12.8 Å². The van der Waals surface area contributed by atoms with Gasteiger partial charge in [-0.1, -0.05) is 29.8 Å². The Bertz CT molecular complexity index is 626. The van der Waals surface area contributed by atoms with Crippen LogP contribution < -0.4 is 4.74 Å². The van der Waals surface area contributed by atoms with Gasteiger partial charge in [0.25, 0.3) is 0 Å². The highest BCUT2D eigenvalue weighted by Crippen LogP contribution is 2.26. The molecule has 2 nitrogen and oxygen atoms in total. The molecule has 0 atom stereocenters. The smallest absolute Gasteiger partial charge is 0.163 e. The van der Waals surface area contributed by atoms with Gasteiger partial charge in [0.05, 0.1) is 6.61 Å². The maximum absolute atomic E-state index is 12.2. The fourth-order valence-electron chi connectivity index (χ4n) is 2.52. The summed E-state index contributed by atoms with van der Waals surface area (Å²) < 4.78 is 5.46. The van der Waals surface area contributed by atoms with Gasteiger partial charge in [0.15, 0.2) is 5.78 Å². The second kappa shape index (κ2) is 5.49. The maximum atomic E-state index is 12.2. The van der Waals surface area contributed by atoms with Crippen molar-refractivity contribution in [1.29, 1.82) is 0 Å². The van der Waals surface area contributed by atoms with E-state index in [1.54, 1.807) is 0 Å². The van der Waals surface area contributed by atoms with Crippen molar-refractivity contribution in [3.63, 3.8) is 0 Å². The molecule has 0 fully saturated rings. The Morgan fingerprint density at radius 3 is 2.75 bits per heavy atom. The standard InChI is InChI=1S/C18H18O2/c1-13-2-4-14(5-3-13)6-8-17(19)15-7-9-18-16(12-15)10-11-20-18/h2-5,7,9,12H,6,8,10-11H2,1H3. The second-order valence-electron chi connectivity index (χ2n) is 5.33. The monoisotopic (exact) mass is 266 g/mol. The average Bonchev–Trinajstić information content (AvgIpc) is 2.93. The van der Waals surface area contributed by atoms with Gasteiger partial charge >= 0.3 is 0 Å². The van der Waals surface area contributed by atoms with Crippen molar-refractivity contribution >= 4 is 5.78 Å². The number of carbonyl (C=O) groups excluding carboxylic acids is 1. The highest BCUT2D eigenvalue weighted by atomic mass is 16.5. The molecule has 0 unspecified atom stereocenters. The summed E-state index contributed by atoms with van der Waals surface area (Å²) in [7, 11) is 0. The summed E-state index contributed by atoms with van der Waals surface area (Å²) >= 11 is 0. The van der Waals surface area contributed by atoms with E-state index in [1.165, 1.54) is 11.1 Å². The SMILES string of the molecule is Cc1ccc(CCC(=O)c2ccc3c(c2)CCO3)cc1. The van der Waals surface area contributed by atoms with Crippen molar-refractivity contribution in [3.8, 4) is 5.75 Å². The van der Waals surface area contributed by atoms with Crippen LogP contribution in [0.5, 0.6) is 5.75 Å². The van der Waals surface area contributed by atoms with Gasteiger partial charge in [-0.05, 0) is 42.7 Å². The lowest BCUT2D eigenvalue weighted by Crippen LogP contribution is -2.01. The van der Waals surface area contributed by atoms with E-state index in [1.807, 2.05) is 18.2 Å². The Morgan fingerprint density at radius 2 is 1.95 bits per heavy atom. The van der Waals surface area contributed by atoms with Gasteiger partial charge in [-0.3, -0.25) is 4.79 Å². The van der Waals surface area contributed by atoms with Crippen LogP contribution in [0.1, 0.15) is 33.5 Å². The number of rotatable bonds is 4. The normalized spacial score (nSPS) is 12.8. The number of aryl methyl sites for hydroxylation is 2. The predicted octanol–water partition coefficient (Wildman–Crippen LogP) is 3.75. The summed E-state index contributed by atoms with van der Waals surface area (Å²) in [6, 6.07) is 14.2. The first kappa shape index (κ1) is 12.9. The Labute approximate surface area is 119 Å². The zero-order valence-corrected chi connectivity index (χ0v) is 11.7. The Balaban J connectivity index is 1.66. The summed E-state index contributed by atoms with van der Waals surface area (Å²) in [5.41, 5.74) is 4.43. The van der Waals surface area contributed by atoms with E-state index in [2.05, 4.69) is 31.2 Å². The highest BCUT2D eigenvalue weighted by molar-refractivity contribution is 5.96. The first-order valence-corrected chi connectivity index (χ1v) is 7.07. The quantitative estimate of drug-likeness (QED) is 0.788. The van der Waals surface area contributed by atoms with Crippen molar-refractivity contribution in [3.05, 3.63) is 64.7 Å². The maximum Gasteiger partial charge on any atom is 0.163 e. The van der Waals surface area contributed by atoms with Crippen LogP contribution >= 0.6 is 0 Å². The third kappa shape index (κ3) is 2.74. The van der Waals surface area contributed by atoms with Gasteiger partial charge in [0.2, 0.25) is 0 Å². The van der Waals surface area contributed by atoms with Gasteiger partial charge in [0.1, 0.15) is 5.75 Å². The molecule has 0 saturated carbocycles. The number of ether oxygens (including phenoxy) is 1. The van der Waals surface area contributed by atoms with Gasteiger partial charge in [-0.15, -0.1) is 0 Å². The zero-order chi connectivity index (χ0) is 13.9. The molecule has 0 N–H and O–H groups in total. The summed E-state index contributed by atoms with van der Waals surface area (Å²) in [4.78, 5) is 12.2. The average molecular weight is 266 g/mol. The summed E-state index contributed by atoms with van der Waals surface area (Å²) in [6.07, 6.45) is 2.27. The molecule has 2 aromatic rings. The third-order valence-corrected chi connectivity index (χ3v) is 3.77. The molecule has 102 valence electrons. The molecule has 1 heterocycles. The fraction of sp³-hybridized carbons (Fsp3) is 0.278. The predicted molar refractivity (Wildman–Crippen MR) is 79.5 cm³/mol. The number of carbonyl (C=O) groups is 1. The topological polar surface area (TPSA) is 26.3 Å². The number of ketones is 1. The van der Waals surface area contributed by atoms with E-state index in [4.69, 9.17) is 4.74 Å². The van der Waals surface area contributed by atoms with Crippen LogP contribution in [0.3, 0.4) is 0 Å². The fourth-order valence-corrected chi connectivity index (χ4v) is 2.52. The first-order chi connectivity index (χ1) is 9.72. The molecule has 2 heteroatoms.